The Bertz CT molecular complexity index is 1180. The van der Waals surface area contributed by atoms with Crippen molar-refractivity contribution in [2.45, 2.75) is 64.3 Å². The normalized spacial score (nSPS) is 24.6. The Morgan fingerprint density at radius 1 is 1.08 bits per heavy atom. The van der Waals surface area contributed by atoms with Gasteiger partial charge in [0, 0.05) is 37.6 Å². The van der Waals surface area contributed by atoms with E-state index in [0.717, 1.165) is 30.7 Å². The van der Waals surface area contributed by atoms with Gasteiger partial charge in [-0.3, -0.25) is 9.69 Å². The number of rotatable bonds is 3. The van der Waals surface area contributed by atoms with Crippen LogP contribution in [0, 0.1) is 11.8 Å². The van der Waals surface area contributed by atoms with Crippen molar-refractivity contribution in [3.63, 3.8) is 0 Å². The molecule has 0 aromatic carbocycles. The third kappa shape index (κ3) is 5.63. The molecule has 0 N–H and O–H groups in total. The molecule has 3 saturated heterocycles. The number of halogens is 3. The highest BCUT2D eigenvalue weighted by Gasteiger charge is 2.43. The van der Waals surface area contributed by atoms with E-state index in [-0.39, 0.29) is 16.7 Å². The van der Waals surface area contributed by atoms with E-state index >= 15 is 0 Å². The van der Waals surface area contributed by atoms with Gasteiger partial charge in [-0.1, -0.05) is 0 Å². The predicted octanol–water partition coefficient (Wildman–Crippen LogP) is 4.48. The molecule has 3 aliphatic rings. The van der Waals surface area contributed by atoms with Crippen LogP contribution in [0.5, 0.6) is 0 Å². The summed E-state index contributed by atoms with van der Waals surface area (Å²) in [5, 5.41) is 0.650. The number of likely N-dealkylation sites (tertiary alicyclic amines) is 2. The van der Waals surface area contributed by atoms with Gasteiger partial charge >= 0.3 is 12.3 Å². The van der Waals surface area contributed by atoms with Gasteiger partial charge in [-0.2, -0.15) is 13.2 Å². The number of anilines is 1. The number of piperidine rings is 1. The van der Waals surface area contributed by atoms with Crippen molar-refractivity contribution in [2.75, 3.05) is 37.6 Å². The fourth-order valence-corrected chi connectivity index (χ4v) is 6.77. The summed E-state index contributed by atoms with van der Waals surface area (Å²) < 4.78 is 44.3. The van der Waals surface area contributed by atoms with Crippen LogP contribution in [-0.4, -0.2) is 82.3 Å². The van der Waals surface area contributed by atoms with E-state index in [9.17, 15) is 22.8 Å². The molecular formula is C25H32F3N5O3S. The van der Waals surface area contributed by atoms with Crippen molar-refractivity contribution in [3.05, 3.63) is 17.3 Å². The minimum Gasteiger partial charge on any atom is -0.444 e. The van der Waals surface area contributed by atoms with Gasteiger partial charge in [-0.15, -0.1) is 11.3 Å². The lowest BCUT2D eigenvalue weighted by atomic mass is 9.88. The van der Waals surface area contributed by atoms with E-state index in [4.69, 9.17) is 4.74 Å². The first-order valence-electron chi connectivity index (χ1n) is 12.7. The largest absolute Gasteiger partial charge is 0.444 e. The summed E-state index contributed by atoms with van der Waals surface area (Å²) in [4.78, 5) is 41.1. The number of thiophene rings is 1. The number of fused-ring (bicyclic) bond motifs is 2. The summed E-state index contributed by atoms with van der Waals surface area (Å²) in [6, 6.07) is 1.06. The lowest BCUT2D eigenvalue weighted by molar-refractivity contribution is -0.138. The zero-order chi connectivity index (χ0) is 26.5. The molecule has 3 aliphatic heterocycles. The number of nitrogens with zero attached hydrogens (tertiary/aromatic N) is 5. The first-order valence-corrected chi connectivity index (χ1v) is 13.5. The molecule has 3 fully saturated rings. The monoisotopic (exact) mass is 539 g/mol. The SMILES string of the molecule is CC(C)(C)OC(=O)N1CCCC1C(=O)N1CC[C@@H]2CN(c3ncnc4sc(CC(F)(F)F)cc34)C[C@@H]2C1. The summed E-state index contributed by atoms with van der Waals surface area (Å²) in [6.45, 7) is 8.59. The van der Waals surface area contributed by atoms with Crippen LogP contribution in [0.1, 0.15) is 44.9 Å². The van der Waals surface area contributed by atoms with Gasteiger partial charge in [-0.05, 0) is 57.9 Å². The van der Waals surface area contributed by atoms with Crippen LogP contribution >= 0.6 is 11.3 Å². The van der Waals surface area contributed by atoms with Crippen molar-refractivity contribution in [2.24, 2.45) is 11.8 Å². The van der Waals surface area contributed by atoms with Crippen molar-refractivity contribution >= 4 is 39.4 Å². The second-order valence-corrected chi connectivity index (χ2v) is 12.4. The molecule has 202 valence electrons. The fraction of sp³-hybridized carbons (Fsp3) is 0.680. The second-order valence-electron chi connectivity index (χ2n) is 11.3. The van der Waals surface area contributed by atoms with Gasteiger partial charge in [-0.25, -0.2) is 14.8 Å². The molecule has 37 heavy (non-hydrogen) atoms. The second kappa shape index (κ2) is 9.59. The van der Waals surface area contributed by atoms with Gasteiger partial charge in [0.25, 0.3) is 0 Å². The van der Waals surface area contributed by atoms with Crippen molar-refractivity contribution in [3.8, 4) is 0 Å². The third-order valence-electron chi connectivity index (χ3n) is 7.31. The number of aromatic nitrogens is 2. The Morgan fingerprint density at radius 3 is 2.57 bits per heavy atom. The molecule has 0 radical (unpaired) electrons. The summed E-state index contributed by atoms with van der Waals surface area (Å²) in [5.74, 6) is 1.23. The Kier molecular flexibility index (Phi) is 6.74. The van der Waals surface area contributed by atoms with Crippen molar-refractivity contribution < 1.29 is 27.5 Å². The molecule has 2 aromatic heterocycles. The van der Waals surface area contributed by atoms with Crippen LogP contribution in [0.25, 0.3) is 10.2 Å². The smallest absolute Gasteiger partial charge is 0.410 e. The van der Waals surface area contributed by atoms with E-state index < -0.39 is 30.3 Å². The van der Waals surface area contributed by atoms with Crippen LogP contribution in [0.2, 0.25) is 0 Å². The lowest BCUT2D eigenvalue weighted by Crippen LogP contribution is -2.52. The zero-order valence-corrected chi connectivity index (χ0v) is 22.1. The van der Waals surface area contributed by atoms with E-state index in [2.05, 4.69) is 14.9 Å². The van der Waals surface area contributed by atoms with Gasteiger partial charge in [0.1, 0.15) is 28.6 Å². The lowest BCUT2D eigenvalue weighted by Gasteiger charge is -2.37. The molecule has 5 heterocycles. The maximum Gasteiger partial charge on any atom is 0.410 e. The first kappa shape index (κ1) is 26.0. The third-order valence-corrected chi connectivity index (χ3v) is 8.36. The van der Waals surface area contributed by atoms with Gasteiger partial charge < -0.3 is 14.5 Å². The first-order chi connectivity index (χ1) is 17.4. The molecule has 2 amide bonds. The van der Waals surface area contributed by atoms with Crippen LogP contribution in [-0.2, 0) is 16.0 Å². The number of carbonyl (C=O) groups is 2. The standard InChI is InChI=1S/C25H32F3N5O3S/c1-24(2,3)36-23(35)33-7-4-5-19(33)22(34)31-8-6-15-11-32(13-16(15)12-31)20-18-9-17(10-25(26,27)28)37-21(18)30-14-29-20/h9,14-16,19H,4-8,10-13H2,1-3H3/t15-,16+,19?/m1/s1. The van der Waals surface area contributed by atoms with E-state index in [1.807, 2.05) is 25.7 Å². The van der Waals surface area contributed by atoms with Gasteiger partial charge in [0.05, 0.1) is 11.8 Å². The molecule has 0 aliphatic carbocycles. The number of hydrogen-bond donors (Lipinski definition) is 0. The van der Waals surface area contributed by atoms with Gasteiger partial charge in [0.15, 0.2) is 0 Å². The number of hydrogen-bond acceptors (Lipinski definition) is 7. The van der Waals surface area contributed by atoms with Crippen LogP contribution in [0.3, 0.4) is 0 Å². The van der Waals surface area contributed by atoms with E-state index in [1.165, 1.54) is 6.33 Å². The Morgan fingerprint density at radius 2 is 1.84 bits per heavy atom. The Hall–Kier alpha value is -2.63. The number of carbonyl (C=O) groups excluding carboxylic acids is 2. The van der Waals surface area contributed by atoms with Crippen LogP contribution in [0.15, 0.2) is 12.4 Å². The maximum atomic E-state index is 13.5. The summed E-state index contributed by atoms with van der Waals surface area (Å²) in [6.07, 6.45) is -2.05. The molecule has 0 spiro atoms. The summed E-state index contributed by atoms with van der Waals surface area (Å²) in [5.41, 5.74) is -0.624. The number of amides is 2. The minimum absolute atomic E-state index is 0.0284. The highest BCUT2D eigenvalue weighted by molar-refractivity contribution is 7.18. The molecule has 0 bridgehead atoms. The molecule has 5 rings (SSSR count). The molecular weight excluding hydrogens is 507 g/mol. The molecule has 12 heteroatoms. The fourth-order valence-electron chi connectivity index (χ4n) is 5.74. The highest BCUT2D eigenvalue weighted by atomic mass is 32.1. The maximum absolute atomic E-state index is 13.5. The highest BCUT2D eigenvalue weighted by Crippen LogP contribution is 2.39. The van der Waals surface area contributed by atoms with Crippen LogP contribution < -0.4 is 4.90 Å². The molecule has 8 nitrogen and oxygen atoms in total. The average molecular weight is 540 g/mol. The summed E-state index contributed by atoms with van der Waals surface area (Å²) in [7, 11) is 0. The Balaban J connectivity index is 1.26. The summed E-state index contributed by atoms with van der Waals surface area (Å²) >= 11 is 1.05. The molecule has 1 unspecified atom stereocenters. The van der Waals surface area contributed by atoms with Crippen LogP contribution in [0.4, 0.5) is 23.8 Å². The quantitative estimate of drug-likeness (QED) is 0.573. The zero-order valence-electron chi connectivity index (χ0n) is 21.3. The topological polar surface area (TPSA) is 78.9 Å². The number of ether oxygens (including phenoxy) is 1. The van der Waals surface area contributed by atoms with Gasteiger partial charge in [0.2, 0.25) is 5.91 Å². The molecule has 0 saturated carbocycles. The minimum atomic E-state index is -4.27. The molecule has 3 atom stereocenters. The Labute approximate surface area is 217 Å². The van der Waals surface area contributed by atoms with Crippen molar-refractivity contribution in [1.29, 1.82) is 0 Å². The van der Waals surface area contributed by atoms with E-state index in [1.54, 1.807) is 11.0 Å². The molecule has 2 aromatic rings. The predicted molar refractivity (Wildman–Crippen MR) is 134 cm³/mol. The van der Waals surface area contributed by atoms with Crippen molar-refractivity contribution in [1.82, 2.24) is 19.8 Å². The average Bonchev–Trinajstić information content (AvgIpc) is 3.52. The van der Waals surface area contributed by atoms with E-state index in [0.29, 0.717) is 54.6 Å². The number of alkyl halides is 3.